The lowest BCUT2D eigenvalue weighted by Gasteiger charge is -2.31. The smallest absolute Gasteiger partial charge is 0.261 e. The van der Waals surface area contributed by atoms with E-state index in [1.54, 1.807) is 36.2 Å². The van der Waals surface area contributed by atoms with Crippen molar-refractivity contribution < 1.29 is 9.26 Å². The average Bonchev–Trinajstić information content (AvgIpc) is 3.20. The maximum absolute atomic E-state index is 12.8. The molecule has 3 aromatic rings. The third kappa shape index (κ3) is 4.32. The summed E-state index contributed by atoms with van der Waals surface area (Å²) >= 11 is 0. The lowest BCUT2D eigenvalue weighted by Crippen LogP contribution is -2.36. The molecule has 154 valence electrons. The van der Waals surface area contributed by atoms with E-state index in [-0.39, 0.29) is 11.5 Å². The number of piperidine rings is 1. The molecule has 2 aromatic heterocycles. The fraction of sp³-hybridized carbons (Fsp3) is 0.524. The second-order valence-corrected chi connectivity index (χ2v) is 8.01. The summed E-state index contributed by atoms with van der Waals surface area (Å²) in [6.45, 7) is 7.40. The van der Waals surface area contributed by atoms with Gasteiger partial charge >= 0.3 is 0 Å². The molecule has 0 spiro atoms. The Hall–Kier alpha value is -2.74. The molecule has 0 bridgehead atoms. The summed E-state index contributed by atoms with van der Waals surface area (Å²) in [6, 6.07) is 5.39. The Morgan fingerprint density at radius 3 is 2.76 bits per heavy atom. The first-order valence-corrected chi connectivity index (χ1v) is 10.1. The zero-order valence-electron chi connectivity index (χ0n) is 17.2. The van der Waals surface area contributed by atoms with Gasteiger partial charge in [-0.3, -0.25) is 14.3 Å². The fourth-order valence-electron chi connectivity index (χ4n) is 3.76. The molecule has 8 nitrogen and oxygen atoms in total. The molecule has 1 fully saturated rings. The number of fused-ring (bicyclic) bond motifs is 1. The zero-order chi connectivity index (χ0) is 20.4. The number of aromatic nitrogens is 4. The Morgan fingerprint density at radius 2 is 2.07 bits per heavy atom. The van der Waals surface area contributed by atoms with Gasteiger partial charge < -0.3 is 9.26 Å². The predicted octanol–water partition coefficient (Wildman–Crippen LogP) is 2.82. The molecule has 0 saturated carbocycles. The molecule has 3 heterocycles. The van der Waals surface area contributed by atoms with Gasteiger partial charge in [0.25, 0.3) is 5.56 Å². The molecule has 1 aromatic carbocycles. The quantitative estimate of drug-likeness (QED) is 0.632. The molecule has 0 N–H and O–H groups in total. The van der Waals surface area contributed by atoms with Gasteiger partial charge in [-0.2, -0.15) is 4.98 Å². The normalized spacial score (nSPS) is 16.0. The van der Waals surface area contributed by atoms with Crippen LogP contribution in [0.3, 0.4) is 0 Å². The standard InChI is InChI=1S/C21H27N5O3/c1-14(2)20-23-19(29-24-20)12-25-8-6-15(7-9-25)11-26-13-22-18-10-16(28-3)4-5-17(18)21(26)27/h4-5,10,13-15H,6-9,11-12H2,1-3H3. The first kappa shape index (κ1) is 19.6. The van der Waals surface area contributed by atoms with Crippen molar-refractivity contribution in [2.75, 3.05) is 20.2 Å². The number of nitrogens with zero attached hydrogens (tertiary/aromatic N) is 5. The van der Waals surface area contributed by atoms with Crippen LogP contribution in [-0.4, -0.2) is 44.8 Å². The van der Waals surface area contributed by atoms with Gasteiger partial charge in [-0.15, -0.1) is 0 Å². The van der Waals surface area contributed by atoms with E-state index in [4.69, 9.17) is 9.26 Å². The van der Waals surface area contributed by atoms with E-state index in [2.05, 4.69) is 33.9 Å². The largest absolute Gasteiger partial charge is 0.497 e. The van der Waals surface area contributed by atoms with Gasteiger partial charge in [-0.1, -0.05) is 19.0 Å². The molecule has 1 aliphatic rings. The molecule has 4 rings (SSSR count). The Balaban J connectivity index is 1.36. The van der Waals surface area contributed by atoms with Crippen LogP contribution >= 0.6 is 0 Å². The van der Waals surface area contributed by atoms with Crippen molar-refractivity contribution in [2.45, 2.75) is 45.7 Å². The van der Waals surface area contributed by atoms with Crippen LogP contribution < -0.4 is 10.3 Å². The fourth-order valence-corrected chi connectivity index (χ4v) is 3.76. The van der Waals surface area contributed by atoms with Crippen LogP contribution in [0.4, 0.5) is 0 Å². The summed E-state index contributed by atoms with van der Waals surface area (Å²) in [6.07, 6.45) is 3.71. The number of methoxy groups -OCH3 is 1. The summed E-state index contributed by atoms with van der Waals surface area (Å²) in [7, 11) is 1.61. The van der Waals surface area contributed by atoms with Crippen molar-refractivity contribution in [2.24, 2.45) is 5.92 Å². The van der Waals surface area contributed by atoms with Gasteiger partial charge in [-0.25, -0.2) is 4.98 Å². The molecular weight excluding hydrogens is 370 g/mol. The molecule has 0 radical (unpaired) electrons. The number of ether oxygens (including phenoxy) is 1. The molecule has 0 atom stereocenters. The van der Waals surface area contributed by atoms with Crippen molar-refractivity contribution in [1.29, 1.82) is 0 Å². The van der Waals surface area contributed by atoms with Crippen molar-refractivity contribution in [1.82, 2.24) is 24.6 Å². The summed E-state index contributed by atoms with van der Waals surface area (Å²) in [4.78, 5) is 24.1. The van der Waals surface area contributed by atoms with E-state index >= 15 is 0 Å². The number of likely N-dealkylation sites (tertiary alicyclic amines) is 1. The average molecular weight is 397 g/mol. The zero-order valence-corrected chi connectivity index (χ0v) is 17.2. The number of hydrogen-bond donors (Lipinski definition) is 0. The van der Waals surface area contributed by atoms with E-state index in [0.717, 1.165) is 31.8 Å². The van der Waals surface area contributed by atoms with Crippen LogP contribution in [-0.2, 0) is 13.1 Å². The molecule has 0 unspecified atom stereocenters. The van der Waals surface area contributed by atoms with Gasteiger partial charge in [0.2, 0.25) is 5.89 Å². The molecule has 0 amide bonds. The van der Waals surface area contributed by atoms with Crippen LogP contribution in [0.15, 0.2) is 33.8 Å². The number of hydrogen-bond acceptors (Lipinski definition) is 7. The molecular formula is C21H27N5O3. The highest BCUT2D eigenvalue weighted by Crippen LogP contribution is 2.21. The molecule has 8 heteroatoms. The minimum absolute atomic E-state index is 0.00663. The van der Waals surface area contributed by atoms with Gasteiger partial charge in [0.15, 0.2) is 5.82 Å². The summed E-state index contributed by atoms with van der Waals surface area (Å²) in [5.74, 6) is 2.87. The van der Waals surface area contributed by atoms with Crippen molar-refractivity contribution in [3.63, 3.8) is 0 Å². The highest BCUT2D eigenvalue weighted by molar-refractivity contribution is 5.78. The summed E-state index contributed by atoms with van der Waals surface area (Å²) in [5.41, 5.74) is 0.674. The highest BCUT2D eigenvalue weighted by Gasteiger charge is 2.22. The van der Waals surface area contributed by atoms with Crippen LogP contribution in [0.25, 0.3) is 10.9 Å². The monoisotopic (exact) mass is 397 g/mol. The van der Waals surface area contributed by atoms with Crippen LogP contribution in [0.2, 0.25) is 0 Å². The van der Waals surface area contributed by atoms with Gasteiger partial charge in [0.1, 0.15) is 5.75 Å². The maximum Gasteiger partial charge on any atom is 0.261 e. The van der Waals surface area contributed by atoms with Gasteiger partial charge in [0.05, 0.1) is 30.9 Å². The predicted molar refractivity (Wildman–Crippen MR) is 109 cm³/mol. The van der Waals surface area contributed by atoms with Gasteiger partial charge in [-0.05, 0) is 44.0 Å². The van der Waals surface area contributed by atoms with Gasteiger partial charge in [0, 0.05) is 18.5 Å². The van der Waals surface area contributed by atoms with Crippen molar-refractivity contribution in [3.05, 3.63) is 46.6 Å². The summed E-state index contributed by atoms with van der Waals surface area (Å²) in [5, 5.41) is 4.66. The number of benzene rings is 1. The molecule has 29 heavy (non-hydrogen) atoms. The molecule has 1 aliphatic heterocycles. The molecule has 0 aliphatic carbocycles. The van der Waals surface area contributed by atoms with E-state index in [1.807, 2.05) is 0 Å². The Labute approximate surface area is 169 Å². The SMILES string of the molecule is COc1ccc2c(=O)n(CC3CCN(Cc4nc(C(C)C)no4)CC3)cnc2c1. The van der Waals surface area contributed by atoms with Crippen LogP contribution in [0.1, 0.15) is 44.3 Å². The van der Waals surface area contributed by atoms with Crippen LogP contribution in [0.5, 0.6) is 5.75 Å². The van der Waals surface area contributed by atoms with E-state index in [0.29, 0.717) is 41.6 Å². The Morgan fingerprint density at radius 1 is 1.28 bits per heavy atom. The summed E-state index contributed by atoms with van der Waals surface area (Å²) < 4.78 is 12.3. The maximum atomic E-state index is 12.8. The second kappa shape index (κ2) is 8.32. The lowest BCUT2D eigenvalue weighted by molar-refractivity contribution is 0.150. The highest BCUT2D eigenvalue weighted by atomic mass is 16.5. The Bertz CT molecular complexity index is 1030. The lowest BCUT2D eigenvalue weighted by atomic mass is 9.96. The Kier molecular flexibility index (Phi) is 5.62. The molecule has 1 saturated heterocycles. The minimum Gasteiger partial charge on any atom is -0.497 e. The topological polar surface area (TPSA) is 86.3 Å². The van der Waals surface area contributed by atoms with Crippen LogP contribution in [0, 0.1) is 5.92 Å². The van der Waals surface area contributed by atoms with E-state index < -0.39 is 0 Å². The van der Waals surface area contributed by atoms with Crippen molar-refractivity contribution in [3.8, 4) is 5.75 Å². The minimum atomic E-state index is 0.00663. The van der Waals surface area contributed by atoms with Crippen molar-refractivity contribution >= 4 is 10.9 Å². The first-order chi connectivity index (χ1) is 14.0. The third-order valence-corrected chi connectivity index (χ3v) is 5.55. The first-order valence-electron chi connectivity index (χ1n) is 10.1. The number of rotatable bonds is 6. The van der Waals surface area contributed by atoms with E-state index in [1.165, 1.54) is 0 Å². The third-order valence-electron chi connectivity index (χ3n) is 5.55. The van der Waals surface area contributed by atoms with E-state index in [9.17, 15) is 4.79 Å². The second-order valence-electron chi connectivity index (χ2n) is 8.01.